The minimum Gasteiger partial charge on any atom is -0.475 e. The van der Waals surface area contributed by atoms with Crippen LogP contribution in [0.5, 0.6) is 0 Å². The molecule has 1 aliphatic rings. The molecule has 0 bridgehead atoms. The highest BCUT2D eigenvalue weighted by atomic mass is 16.4. The molecule has 0 spiro atoms. The summed E-state index contributed by atoms with van der Waals surface area (Å²) in [6, 6.07) is 6.65. The van der Waals surface area contributed by atoms with E-state index >= 15 is 0 Å². The minimum absolute atomic E-state index is 0.0761. The number of rotatable bonds is 5. The van der Waals surface area contributed by atoms with Crippen LogP contribution in [-0.2, 0) is 0 Å². The van der Waals surface area contributed by atoms with E-state index in [1.165, 1.54) is 6.26 Å². The van der Waals surface area contributed by atoms with Crippen LogP contribution < -0.4 is 15.6 Å². The lowest BCUT2D eigenvalue weighted by atomic mass is 9.83. The Labute approximate surface area is 180 Å². The van der Waals surface area contributed by atoms with Crippen molar-refractivity contribution in [3.8, 4) is 0 Å². The predicted octanol–water partition coefficient (Wildman–Crippen LogP) is 5.19. The van der Waals surface area contributed by atoms with E-state index in [2.05, 4.69) is 24.1 Å². The van der Waals surface area contributed by atoms with Crippen LogP contribution in [0.25, 0.3) is 11.0 Å². The number of furan rings is 1. The first-order valence-electron chi connectivity index (χ1n) is 10.6. The number of nitrogens with zero attached hydrogens (tertiary/aromatic N) is 1. The molecule has 1 aliphatic heterocycles. The first-order valence-corrected chi connectivity index (χ1v) is 10.6. The van der Waals surface area contributed by atoms with Crippen LogP contribution in [0.15, 0.2) is 44.2 Å². The maximum atomic E-state index is 13.0. The zero-order valence-corrected chi connectivity index (χ0v) is 18.3. The SMILES string of the molecule is Cc1cc([C@@H](C)Nc2ccoc2C(=O)O)c2oc(N3CCC(C)(C)CC3)cc(=O)c2c1. The molecule has 2 aromatic heterocycles. The van der Waals surface area contributed by atoms with Crippen molar-refractivity contribution in [1.82, 2.24) is 0 Å². The fourth-order valence-electron chi connectivity index (χ4n) is 4.13. The molecule has 7 heteroatoms. The lowest BCUT2D eigenvalue weighted by Crippen LogP contribution is -2.37. The second kappa shape index (κ2) is 7.80. The van der Waals surface area contributed by atoms with Crippen LogP contribution in [0.4, 0.5) is 11.6 Å². The topological polar surface area (TPSA) is 95.9 Å². The minimum atomic E-state index is -1.14. The number of carboxylic acids is 1. The Balaban J connectivity index is 1.74. The van der Waals surface area contributed by atoms with Crippen molar-refractivity contribution in [2.75, 3.05) is 23.3 Å². The fraction of sp³-hybridized carbons (Fsp3) is 0.417. The quantitative estimate of drug-likeness (QED) is 0.582. The highest BCUT2D eigenvalue weighted by Gasteiger charge is 2.27. The summed E-state index contributed by atoms with van der Waals surface area (Å²) in [5.74, 6) is -0.711. The van der Waals surface area contributed by atoms with E-state index in [9.17, 15) is 14.7 Å². The third-order valence-corrected chi connectivity index (χ3v) is 6.12. The van der Waals surface area contributed by atoms with Crippen molar-refractivity contribution in [2.24, 2.45) is 5.41 Å². The summed E-state index contributed by atoms with van der Waals surface area (Å²) in [7, 11) is 0. The molecule has 0 amide bonds. The van der Waals surface area contributed by atoms with Crippen LogP contribution in [0.3, 0.4) is 0 Å². The van der Waals surface area contributed by atoms with E-state index < -0.39 is 5.97 Å². The van der Waals surface area contributed by atoms with Gasteiger partial charge < -0.3 is 24.2 Å². The van der Waals surface area contributed by atoms with E-state index in [0.717, 1.165) is 37.1 Å². The Morgan fingerprint density at radius 2 is 1.94 bits per heavy atom. The van der Waals surface area contributed by atoms with Gasteiger partial charge in [0, 0.05) is 30.8 Å². The van der Waals surface area contributed by atoms with Crippen molar-refractivity contribution < 1.29 is 18.7 Å². The summed E-state index contributed by atoms with van der Waals surface area (Å²) in [6.07, 6.45) is 3.40. The summed E-state index contributed by atoms with van der Waals surface area (Å²) in [5.41, 5.74) is 2.85. The van der Waals surface area contributed by atoms with Crippen LogP contribution in [0, 0.1) is 12.3 Å². The van der Waals surface area contributed by atoms with Gasteiger partial charge in [-0.3, -0.25) is 4.79 Å². The third kappa shape index (κ3) is 4.17. The van der Waals surface area contributed by atoms with E-state index in [4.69, 9.17) is 8.83 Å². The Kier molecular flexibility index (Phi) is 5.29. The van der Waals surface area contributed by atoms with E-state index in [0.29, 0.717) is 28.0 Å². The number of nitrogens with one attached hydrogen (secondary N) is 1. The molecule has 4 rings (SSSR count). The number of aryl methyl sites for hydroxylation is 1. The van der Waals surface area contributed by atoms with Crippen molar-refractivity contribution in [3.05, 3.63) is 57.6 Å². The van der Waals surface area contributed by atoms with Gasteiger partial charge in [-0.25, -0.2) is 4.79 Å². The number of carboxylic acid groups (broad SMARTS) is 1. The van der Waals surface area contributed by atoms with Crippen LogP contribution in [0.1, 0.15) is 61.3 Å². The number of hydrogen-bond donors (Lipinski definition) is 2. The van der Waals surface area contributed by atoms with Gasteiger partial charge in [0.2, 0.25) is 5.76 Å². The second-order valence-corrected chi connectivity index (χ2v) is 9.17. The van der Waals surface area contributed by atoms with Gasteiger partial charge in [0.15, 0.2) is 11.3 Å². The molecule has 1 fully saturated rings. The van der Waals surface area contributed by atoms with Gasteiger partial charge in [-0.05, 0) is 43.7 Å². The molecular formula is C24H28N2O5. The van der Waals surface area contributed by atoms with Crippen molar-refractivity contribution in [2.45, 2.75) is 46.6 Å². The average Bonchev–Trinajstić information content (AvgIpc) is 3.16. The second-order valence-electron chi connectivity index (χ2n) is 9.17. The zero-order chi connectivity index (χ0) is 22.3. The summed E-state index contributed by atoms with van der Waals surface area (Å²) in [5, 5.41) is 13.0. The van der Waals surface area contributed by atoms with Gasteiger partial charge in [-0.2, -0.15) is 0 Å². The summed E-state index contributed by atoms with van der Waals surface area (Å²) in [6.45, 7) is 10.0. The largest absolute Gasteiger partial charge is 0.475 e. The number of fused-ring (bicyclic) bond motifs is 1. The molecular weight excluding hydrogens is 396 g/mol. The molecule has 3 aromatic rings. The monoisotopic (exact) mass is 424 g/mol. The van der Waals surface area contributed by atoms with Gasteiger partial charge in [0.1, 0.15) is 5.58 Å². The maximum Gasteiger partial charge on any atom is 0.373 e. The summed E-state index contributed by atoms with van der Waals surface area (Å²) >= 11 is 0. The van der Waals surface area contributed by atoms with E-state index in [1.807, 2.05) is 26.0 Å². The van der Waals surface area contributed by atoms with E-state index in [-0.39, 0.29) is 17.2 Å². The Hall–Kier alpha value is -3.22. The molecule has 3 heterocycles. The zero-order valence-electron chi connectivity index (χ0n) is 18.3. The molecule has 7 nitrogen and oxygen atoms in total. The normalized spacial score (nSPS) is 17.0. The Morgan fingerprint density at radius 1 is 1.23 bits per heavy atom. The van der Waals surface area contributed by atoms with Gasteiger partial charge in [0.05, 0.1) is 23.4 Å². The molecule has 1 aromatic carbocycles. The standard InChI is InChI=1S/C24H28N2O5/c1-14-11-16(15(2)25-18-5-10-30-22(18)23(28)29)21-17(12-14)19(27)13-20(31-21)26-8-6-24(3,4)7-9-26/h5,10-13,15,25H,6-9H2,1-4H3,(H,28,29)/t15-/m1/s1. The predicted molar refractivity (Wildman–Crippen MR) is 120 cm³/mol. The lowest BCUT2D eigenvalue weighted by molar-refractivity contribution is 0.0664. The van der Waals surface area contributed by atoms with Crippen LogP contribution in [-0.4, -0.2) is 24.2 Å². The number of anilines is 2. The van der Waals surface area contributed by atoms with Gasteiger partial charge in [-0.15, -0.1) is 0 Å². The number of hydrogen-bond acceptors (Lipinski definition) is 6. The molecule has 1 saturated heterocycles. The van der Waals surface area contributed by atoms with Crippen LogP contribution >= 0.6 is 0 Å². The first-order chi connectivity index (χ1) is 14.6. The molecule has 31 heavy (non-hydrogen) atoms. The molecule has 0 saturated carbocycles. The van der Waals surface area contributed by atoms with Gasteiger partial charge >= 0.3 is 5.97 Å². The van der Waals surface area contributed by atoms with Gasteiger partial charge in [0.25, 0.3) is 0 Å². The molecule has 0 unspecified atom stereocenters. The Morgan fingerprint density at radius 3 is 2.61 bits per heavy atom. The number of aromatic carboxylic acids is 1. The third-order valence-electron chi connectivity index (χ3n) is 6.12. The van der Waals surface area contributed by atoms with Crippen molar-refractivity contribution in [3.63, 3.8) is 0 Å². The smallest absolute Gasteiger partial charge is 0.373 e. The highest BCUT2D eigenvalue weighted by molar-refractivity contribution is 5.91. The molecule has 0 aliphatic carbocycles. The van der Waals surface area contributed by atoms with E-state index in [1.54, 1.807) is 12.1 Å². The molecule has 2 N–H and O–H groups in total. The summed E-state index contributed by atoms with van der Waals surface area (Å²) in [4.78, 5) is 26.5. The number of benzene rings is 1. The highest BCUT2D eigenvalue weighted by Crippen LogP contribution is 2.34. The fourth-order valence-corrected chi connectivity index (χ4v) is 4.13. The molecule has 0 radical (unpaired) electrons. The number of piperidine rings is 1. The first kappa shape index (κ1) is 21.0. The average molecular weight is 424 g/mol. The Bertz CT molecular complexity index is 1180. The van der Waals surface area contributed by atoms with Crippen molar-refractivity contribution >= 4 is 28.5 Å². The number of carbonyl (C=O) groups is 1. The summed E-state index contributed by atoms with van der Waals surface area (Å²) < 4.78 is 11.4. The maximum absolute atomic E-state index is 13.0. The van der Waals surface area contributed by atoms with Crippen molar-refractivity contribution in [1.29, 1.82) is 0 Å². The van der Waals surface area contributed by atoms with Crippen LogP contribution in [0.2, 0.25) is 0 Å². The molecule has 1 atom stereocenters. The van der Waals surface area contributed by atoms with Gasteiger partial charge in [-0.1, -0.05) is 19.9 Å². The lowest BCUT2D eigenvalue weighted by Gasteiger charge is -2.37. The molecule has 164 valence electrons.